The fourth-order valence-corrected chi connectivity index (χ4v) is 6.76. The first-order valence-corrected chi connectivity index (χ1v) is 17.5. The summed E-state index contributed by atoms with van der Waals surface area (Å²) in [6.45, 7) is 8.34. The van der Waals surface area contributed by atoms with Gasteiger partial charge in [0.1, 0.15) is 0 Å². The summed E-state index contributed by atoms with van der Waals surface area (Å²) in [5.74, 6) is -1.16. The maximum absolute atomic E-state index is 12.0. The minimum absolute atomic E-state index is 0.00263. The molecule has 0 radical (unpaired) electrons. The van der Waals surface area contributed by atoms with Crippen LogP contribution in [0.25, 0.3) is 11.1 Å². The highest BCUT2D eigenvalue weighted by molar-refractivity contribution is 5.80. The Kier molecular flexibility index (Phi) is 12.1. The summed E-state index contributed by atoms with van der Waals surface area (Å²) in [6, 6.07) is 34.9. The van der Waals surface area contributed by atoms with Gasteiger partial charge >= 0.3 is 5.97 Å². The van der Waals surface area contributed by atoms with Crippen molar-refractivity contribution in [2.75, 3.05) is 32.7 Å². The molecule has 9 heteroatoms. The Hall–Kier alpha value is -4.38. The lowest BCUT2D eigenvalue weighted by Gasteiger charge is -2.44. The molecule has 6 rings (SSSR count). The predicted octanol–water partition coefficient (Wildman–Crippen LogP) is 5.94. The Bertz CT molecular complexity index is 1690. The highest BCUT2D eigenvalue weighted by Crippen LogP contribution is 2.42. The number of carboxylic acids is 1. The Morgan fingerprint density at radius 1 is 0.740 bits per heavy atom. The van der Waals surface area contributed by atoms with Crippen molar-refractivity contribution >= 4 is 11.9 Å². The number of carboxylic acid groups (broad SMARTS) is 1. The predicted molar refractivity (Wildman–Crippen MR) is 192 cm³/mol. The molecule has 4 aromatic carbocycles. The van der Waals surface area contributed by atoms with Gasteiger partial charge in [-0.2, -0.15) is 0 Å². The van der Waals surface area contributed by atoms with Gasteiger partial charge in [-0.05, 0) is 39.4 Å². The number of carbonyl (C=O) groups is 2. The molecule has 3 N–H and O–H groups in total. The first kappa shape index (κ1) is 35.4. The Morgan fingerprint density at radius 2 is 1.42 bits per heavy atom. The molecule has 2 aliphatic heterocycles. The summed E-state index contributed by atoms with van der Waals surface area (Å²) >= 11 is 0. The molecule has 2 fully saturated rings. The summed E-state index contributed by atoms with van der Waals surface area (Å²) < 4.78 is 13.5. The molecule has 2 heterocycles. The monoisotopic (exact) mass is 677 g/mol. The first-order chi connectivity index (χ1) is 24.3. The SMILES string of the molecule is CC1C(CN2CCN(Cc3ccccc3)CC2)OC(c2ccc(-c3cccc(CNC(=O)CCC(=O)O)c3)cc2)OC1c1ccc(CO)cc1. The zero-order valence-corrected chi connectivity index (χ0v) is 28.6. The van der Waals surface area contributed by atoms with Crippen molar-refractivity contribution in [1.29, 1.82) is 0 Å². The van der Waals surface area contributed by atoms with Gasteiger partial charge in [0.25, 0.3) is 0 Å². The molecule has 4 unspecified atom stereocenters. The molecule has 0 aromatic heterocycles. The maximum Gasteiger partial charge on any atom is 0.303 e. The van der Waals surface area contributed by atoms with E-state index in [2.05, 4.69) is 88.8 Å². The van der Waals surface area contributed by atoms with Crippen LogP contribution in [-0.4, -0.2) is 70.7 Å². The van der Waals surface area contributed by atoms with Gasteiger partial charge in [-0.15, -0.1) is 0 Å². The van der Waals surface area contributed by atoms with Gasteiger partial charge in [0.2, 0.25) is 5.91 Å². The van der Waals surface area contributed by atoms with E-state index in [0.29, 0.717) is 6.54 Å². The van der Waals surface area contributed by atoms with Crippen molar-refractivity contribution in [2.24, 2.45) is 5.92 Å². The summed E-state index contributed by atoms with van der Waals surface area (Å²) in [6.07, 6.45) is -0.983. The molecule has 2 aliphatic rings. The van der Waals surface area contributed by atoms with Crippen molar-refractivity contribution in [3.8, 4) is 11.1 Å². The third-order valence-electron chi connectivity index (χ3n) is 9.77. The van der Waals surface area contributed by atoms with Crippen LogP contribution in [0.15, 0.2) is 103 Å². The molecule has 262 valence electrons. The van der Waals surface area contributed by atoms with Crippen LogP contribution >= 0.6 is 0 Å². The number of nitrogens with zero attached hydrogens (tertiary/aromatic N) is 2. The lowest BCUT2D eigenvalue weighted by molar-refractivity contribution is -0.276. The molecule has 4 atom stereocenters. The Balaban J connectivity index is 1.13. The van der Waals surface area contributed by atoms with Crippen LogP contribution in [0.3, 0.4) is 0 Å². The zero-order chi connectivity index (χ0) is 34.9. The fraction of sp³-hybridized carbons (Fsp3) is 0.366. The van der Waals surface area contributed by atoms with Gasteiger partial charge in [-0.25, -0.2) is 0 Å². The molecule has 0 bridgehead atoms. The largest absolute Gasteiger partial charge is 0.481 e. The van der Waals surface area contributed by atoms with Crippen LogP contribution in [0.5, 0.6) is 0 Å². The van der Waals surface area contributed by atoms with Crippen LogP contribution in [0.1, 0.15) is 60.0 Å². The minimum Gasteiger partial charge on any atom is -0.481 e. The quantitative estimate of drug-likeness (QED) is 0.160. The summed E-state index contributed by atoms with van der Waals surface area (Å²) in [7, 11) is 0. The van der Waals surface area contributed by atoms with E-state index in [9.17, 15) is 14.7 Å². The molecular weight excluding hydrogens is 630 g/mol. The van der Waals surface area contributed by atoms with E-state index in [1.54, 1.807) is 0 Å². The summed E-state index contributed by atoms with van der Waals surface area (Å²) in [5, 5.41) is 21.2. The Labute approximate surface area is 294 Å². The highest BCUT2D eigenvalue weighted by atomic mass is 16.7. The van der Waals surface area contributed by atoms with E-state index < -0.39 is 12.3 Å². The second kappa shape index (κ2) is 17.0. The van der Waals surface area contributed by atoms with Crippen molar-refractivity contribution in [3.63, 3.8) is 0 Å². The number of carbonyl (C=O) groups excluding carboxylic acids is 1. The number of benzene rings is 4. The number of hydrogen-bond acceptors (Lipinski definition) is 7. The van der Waals surface area contributed by atoms with Gasteiger partial charge in [0.15, 0.2) is 6.29 Å². The van der Waals surface area contributed by atoms with E-state index in [0.717, 1.165) is 72.6 Å². The number of amides is 1. The number of ether oxygens (including phenoxy) is 2. The average molecular weight is 678 g/mol. The molecule has 0 aliphatic carbocycles. The number of nitrogens with one attached hydrogen (secondary N) is 1. The summed E-state index contributed by atoms with van der Waals surface area (Å²) in [4.78, 5) is 27.8. The lowest BCUT2D eigenvalue weighted by atomic mass is 9.89. The lowest BCUT2D eigenvalue weighted by Crippen LogP contribution is -2.51. The molecule has 0 saturated carbocycles. The molecule has 50 heavy (non-hydrogen) atoms. The maximum atomic E-state index is 12.0. The van der Waals surface area contributed by atoms with Crippen molar-refractivity contribution in [2.45, 2.75) is 58.0 Å². The van der Waals surface area contributed by atoms with Gasteiger partial charge in [-0.1, -0.05) is 104 Å². The topological polar surface area (TPSA) is 112 Å². The van der Waals surface area contributed by atoms with Gasteiger partial charge in [-0.3, -0.25) is 19.4 Å². The number of aliphatic hydroxyl groups is 1. The second-order valence-electron chi connectivity index (χ2n) is 13.4. The van der Waals surface area contributed by atoms with Crippen LogP contribution in [0.4, 0.5) is 0 Å². The van der Waals surface area contributed by atoms with E-state index >= 15 is 0 Å². The van der Waals surface area contributed by atoms with E-state index in [1.807, 2.05) is 36.4 Å². The van der Waals surface area contributed by atoms with E-state index in [1.165, 1.54) is 5.56 Å². The fourth-order valence-electron chi connectivity index (χ4n) is 6.76. The third-order valence-corrected chi connectivity index (χ3v) is 9.77. The zero-order valence-electron chi connectivity index (χ0n) is 28.6. The second-order valence-corrected chi connectivity index (χ2v) is 13.4. The van der Waals surface area contributed by atoms with Crippen molar-refractivity contribution in [1.82, 2.24) is 15.1 Å². The minimum atomic E-state index is -0.986. The van der Waals surface area contributed by atoms with E-state index in [-0.39, 0.29) is 43.5 Å². The number of aliphatic hydroxyl groups excluding tert-OH is 1. The molecule has 4 aromatic rings. The third kappa shape index (κ3) is 9.44. The molecular formula is C41H47N3O6. The molecule has 0 spiro atoms. The van der Waals surface area contributed by atoms with Crippen molar-refractivity contribution in [3.05, 3.63) is 131 Å². The number of rotatable bonds is 13. The Morgan fingerprint density at radius 3 is 2.12 bits per heavy atom. The molecule has 1 amide bonds. The molecule has 9 nitrogen and oxygen atoms in total. The summed E-state index contributed by atoms with van der Waals surface area (Å²) in [5.41, 5.74) is 7.20. The number of hydrogen-bond donors (Lipinski definition) is 3. The van der Waals surface area contributed by atoms with Crippen LogP contribution in [-0.2, 0) is 38.8 Å². The van der Waals surface area contributed by atoms with Gasteiger partial charge in [0, 0.05) is 63.7 Å². The van der Waals surface area contributed by atoms with Crippen LogP contribution in [0.2, 0.25) is 0 Å². The van der Waals surface area contributed by atoms with Gasteiger partial charge in [0.05, 0.1) is 25.2 Å². The number of aliphatic carboxylic acids is 1. The van der Waals surface area contributed by atoms with Crippen LogP contribution in [0, 0.1) is 5.92 Å². The number of piperazine rings is 1. The van der Waals surface area contributed by atoms with Gasteiger partial charge < -0.3 is 25.0 Å². The highest BCUT2D eigenvalue weighted by Gasteiger charge is 2.39. The van der Waals surface area contributed by atoms with Crippen LogP contribution < -0.4 is 5.32 Å². The van der Waals surface area contributed by atoms with E-state index in [4.69, 9.17) is 14.6 Å². The normalized spacial score (nSPS) is 21.5. The first-order valence-electron chi connectivity index (χ1n) is 17.5. The molecule has 2 saturated heterocycles. The average Bonchev–Trinajstić information content (AvgIpc) is 3.15. The smallest absolute Gasteiger partial charge is 0.303 e. The van der Waals surface area contributed by atoms with Crippen molar-refractivity contribution < 1.29 is 29.3 Å². The standard InChI is InChI=1S/C41H47N3O6/c1-29-37(27-44-22-20-43(21-23-44)26-30-6-3-2-4-7-30)49-41(50-40(29)34-12-10-31(28-45)11-13-34)35-16-14-33(15-17-35)36-9-5-8-32(24-36)25-42-38(46)18-19-39(47)48/h2-17,24,29,37,40-41,45H,18-23,25-28H2,1H3,(H,42,46)(H,47,48).